The van der Waals surface area contributed by atoms with Crippen molar-refractivity contribution in [1.82, 2.24) is 0 Å². The number of carbonyl (C=O) groups excluding carboxylic acids is 1. The van der Waals surface area contributed by atoms with E-state index in [0.717, 1.165) is 6.08 Å². The summed E-state index contributed by atoms with van der Waals surface area (Å²) in [6, 6.07) is 0. The molecule has 0 rings (SSSR count). The van der Waals surface area contributed by atoms with Crippen LogP contribution in [0.3, 0.4) is 0 Å². The van der Waals surface area contributed by atoms with Gasteiger partial charge in [0.2, 0.25) is 6.29 Å². The topological polar surface area (TPSA) is 46.5 Å². The van der Waals surface area contributed by atoms with Gasteiger partial charge in [-0.3, -0.25) is 0 Å². The average Bonchev–Trinajstić information content (AvgIpc) is 1.65. The van der Waals surface area contributed by atoms with Crippen molar-refractivity contribution in [2.75, 3.05) is 0 Å². The van der Waals surface area contributed by atoms with E-state index in [1.165, 1.54) is 0 Å². The van der Waals surface area contributed by atoms with Gasteiger partial charge in [-0.05, 0) is 0 Å². The Morgan fingerprint density at radius 1 is 1.88 bits per heavy atom. The second-order valence-electron chi connectivity index (χ2n) is 1.10. The summed E-state index contributed by atoms with van der Waals surface area (Å²) in [5.74, 6) is -0.674. The minimum Gasteiger partial charge on any atom is -0.433 e. The van der Waals surface area contributed by atoms with Crippen LogP contribution in [-0.4, -0.2) is 17.4 Å². The number of aliphatic hydroxyl groups is 1. The number of hydrogen-bond donors (Lipinski definition) is 1. The third kappa shape index (κ3) is 3.36. The Bertz CT molecular complexity index is 95.8. The highest BCUT2D eigenvalue weighted by Gasteiger charge is 1.98. The van der Waals surface area contributed by atoms with Crippen molar-refractivity contribution < 1.29 is 14.6 Å². The third-order valence-corrected chi connectivity index (χ3v) is 0.419. The molecule has 45 valence electrons. The van der Waals surface area contributed by atoms with Crippen LogP contribution in [0.2, 0.25) is 0 Å². The van der Waals surface area contributed by atoms with Crippen LogP contribution < -0.4 is 0 Å². The van der Waals surface area contributed by atoms with E-state index in [4.69, 9.17) is 5.11 Å². The van der Waals surface area contributed by atoms with Gasteiger partial charge < -0.3 is 9.84 Å². The Morgan fingerprint density at radius 3 is 2.50 bits per heavy atom. The van der Waals surface area contributed by atoms with Gasteiger partial charge in [-0.1, -0.05) is 6.58 Å². The predicted molar refractivity (Wildman–Crippen MR) is 27.7 cm³/mol. The fourth-order valence-corrected chi connectivity index (χ4v) is 0.182. The van der Waals surface area contributed by atoms with Gasteiger partial charge in [0.15, 0.2) is 0 Å². The molecule has 0 heterocycles. The van der Waals surface area contributed by atoms with Crippen molar-refractivity contribution in [2.45, 2.75) is 6.29 Å². The summed E-state index contributed by atoms with van der Waals surface area (Å²) in [4.78, 5) is 10.1. The standard InChI is InChI=1S/C5H7O3/c1-3-5(7)8-4(2)6/h3-4,6H,1-2H2. The summed E-state index contributed by atoms with van der Waals surface area (Å²) in [6.07, 6.45) is -0.338. The smallest absolute Gasteiger partial charge is 0.332 e. The first-order valence-corrected chi connectivity index (χ1v) is 2.01. The molecular formula is C5H7O3. The van der Waals surface area contributed by atoms with E-state index in [9.17, 15) is 4.79 Å². The molecule has 0 fully saturated rings. The number of esters is 1. The molecule has 0 saturated heterocycles. The summed E-state index contributed by atoms with van der Waals surface area (Å²) < 4.78 is 4.09. The minimum atomic E-state index is -1.29. The van der Waals surface area contributed by atoms with E-state index >= 15 is 0 Å². The Balaban J connectivity index is 3.39. The van der Waals surface area contributed by atoms with Crippen LogP contribution in [0.1, 0.15) is 0 Å². The fourth-order valence-electron chi connectivity index (χ4n) is 0.182. The largest absolute Gasteiger partial charge is 0.433 e. The first-order chi connectivity index (χ1) is 3.66. The van der Waals surface area contributed by atoms with Crippen LogP contribution in [0, 0.1) is 6.92 Å². The summed E-state index contributed by atoms with van der Waals surface area (Å²) in [7, 11) is 0. The molecule has 8 heavy (non-hydrogen) atoms. The van der Waals surface area contributed by atoms with E-state index < -0.39 is 12.3 Å². The van der Waals surface area contributed by atoms with E-state index in [1.807, 2.05) is 0 Å². The molecule has 0 aliphatic carbocycles. The quantitative estimate of drug-likeness (QED) is 0.310. The molecule has 1 atom stereocenters. The summed E-state index contributed by atoms with van der Waals surface area (Å²) in [6.45, 7) is 6.09. The van der Waals surface area contributed by atoms with Crippen molar-refractivity contribution in [2.24, 2.45) is 0 Å². The lowest BCUT2D eigenvalue weighted by molar-refractivity contribution is -0.154. The van der Waals surface area contributed by atoms with Gasteiger partial charge in [0.05, 0.1) is 0 Å². The molecule has 1 N–H and O–H groups in total. The summed E-state index contributed by atoms with van der Waals surface area (Å²) in [5.41, 5.74) is 0. The van der Waals surface area contributed by atoms with Gasteiger partial charge in [-0.25, -0.2) is 4.79 Å². The molecule has 0 aliphatic rings. The predicted octanol–water partition coefficient (Wildman–Crippen LogP) is -0.132. The highest BCUT2D eigenvalue weighted by Crippen LogP contribution is 1.83. The maximum Gasteiger partial charge on any atom is 0.332 e. The fraction of sp³-hybridized carbons (Fsp3) is 0.200. The molecule has 0 aliphatic heterocycles. The molecule has 0 spiro atoms. The molecular weight excluding hydrogens is 108 g/mol. The van der Waals surface area contributed by atoms with Crippen molar-refractivity contribution in [3.8, 4) is 0 Å². The molecule has 0 amide bonds. The van der Waals surface area contributed by atoms with Crippen molar-refractivity contribution in [3.63, 3.8) is 0 Å². The number of hydrogen-bond acceptors (Lipinski definition) is 3. The second-order valence-corrected chi connectivity index (χ2v) is 1.10. The molecule has 0 aromatic rings. The van der Waals surface area contributed by atoms with Crippen LogP contribution in [0.15, 0.2) is 12.7 Å². The van der Waals surface area contributed by atoms with Crippen LogP contribution in [0.4, 0.5) is 0 Å². The Labute approximate surface area is 47.6 Å². The zero-order valence-electron chi connectivity index (χ0n) is 4.33. The number of ether oxygens (including phenoxy) is 1. The van der Waals surface area contributed by atoms with Gasteiger partial charge in [0.25, 0.3) is 0 Å². The summed E-state index contributed by atoms with van der Waals surface area (Å²) >= 11 is 0. The van der Waals surface area contributed by atoms with Crippen LogP contribution >= 0.6 is 0 Å². The SMILES string of the molecule is [CH2]C(O)OC(=O)C=C. The van der Waals surface area contributed by atoms with Crippen molar-refractivity contribution in [3.05, 3.63) is 19.6 Å². The Morgan fingerprint density at radius 2 is 2.38 bits per heavy atom. The zero-order chi connectivity index (χ0) is 6.57. The highest BCUT2D eigenvalue weighted by atomic mass is 16.6. The number of carbonyl (C=O) groups is 1. The van der Waals surface area contributed by atoms with Crippen LogP contribution in [0.25, 0.3) is 0 Å². The molecule has 3 nitrogen and oxygen atoms in total. The molecule has 0 saturated carbocycles. The van der Waals surface area contributed by atoms with E-state index in [2.05, 4.69) is 18.2 Å². The Hall–Kier alpha value is -0.830. The molecule has 1 unspecified atom stereocenters. The first kappa shape index (κ1) is 7.17. The first-order valence-electron chi connectivity index (χ1n) is 2.01. The van der Waals surface area contributed by atoms with E-state index in [1.54, 1.807) is 0 Å². The molecule has 0 aromatic heterocycles. The van der Waals surface area contributed by atoms with E-state index in [-0.39, 0.29) is 0 Å². The average molecular weight is 115 g/mol. The second kappa shape index (κ2) is 3.21. The van der Waals surface area contributed by atoms with Gasteiger partial charge in [-0.2, -0.15) is 0 Å². The number of aliphatic hydroxyl groups excluding tert-OH is 1. The van der Waals surface area contributed by atoms with Gasteiger partial charge in [0.1, 0.15) is 0 Å². The normalized spacial score (nSPS) is 12.2. The lowest BCUT2D eigenvalue weighted by Crippen LogP contribution is -2.11. The van der Waals surface area contributed by atoms with Crippen LogP contribution in [-0.2, 0) is 9.53 Å². The third-order valence-electron chi connectivity index (χ3n) is 0.419. The summed E-state index contributed by atoms with van der Waals surface area (Å²) in [5, 5.41) is 8.25. The van der Waals surface area contributed by atoms with Crippen molar-refractivity contribution in [1.29, 1.82) is 0 Å². The van der Waals surface area contributed by atoms with Gasteiger partial charge in [-0.15, -0.1) is 0 Å². The van der Waals surface area contributed by atoms with Gasteiger partial charge >= 0.3 is 5.97 Å². The lowest BCUT2D eigenvalue weighted by Gasteiger charge is -2.01. The lowest BCUT2D eigenvalue weighted by atomic mass is 10.6. The highest BCUT2D eigenvalue weighted by molar-refractivity contribution is 5.81. The minimum absolute atomic E-state index is 0.674. The maximum absolute atomic E-state index is 10.1. The van der Waals surface area contributed by atoms with Crippen LogP contribution in [0.5, 0.6) is 0 Å². The zero-order valence-corrected chi connectivity index (χ0v) is 4.33. The van der Waals surface area contributed by atoms with Crippen molar-refractivity contribution >= 4 is 5.97 Å². The molecule has 1 radical (unpaired) electrons. The molecule has 0 aromatic carbocycles. The maximum atomic E-state index is 10.1. The molecule has 3 heteroatoms. The Kier molecular flexibility index (Phi) is 2.88. The number of rotatable bonds is 2. The van der Waals surface area contributed by atoms with Gasteiger partial charge in [0, 0.05) is 13.0 Å². The molecule has 0 bridgehead atoms. The monoisotopic (exact) mass is 115 g/mol. The van der Waals surface area contributed by atoms with E-state index in [0.29, 0.717) is 0 Å².